The first-order chi connectivity index (χ1) is 10.4. The van der Waals surface area contributed by atoms with Gasteiger partial charge in [0.25, 0.3) is 0 Å². The fourth-order valence-corrected chi connectivity index (χ4v) is 4.42. The lowest BCUT2D eigenvalue weighted by Crippen LogP contribution is -2.29. The van der Waals surface area contributed by atoms with Crippen molar-refractivity contribution in [3.8, 4) is 11.1 Å². The van der Waals surface area contributed by atoms with Gasteiger partial charge in [0.05, 0.1) is 0 Å². The monoisotopic (exact) mass is 276 g/mol. The summed E-state index contributed by atoms with van der Waals surface area (Å²) in [4.78, 5) is 0. The molecule has 0 bridgehead atoms. The molecule has 0 saturated carbocycles. The van der Waals surface area contributed by atoms with E-state index >= 15 is 0 Å². The fourth-order valence-electron chi connectivity index (χ4n) is 4.42. The Balaban J connectivity index is 1.48. The van der Waals surface area contributed by atoms with E-state index < -0.39 is 0 Å². The van der Waals surface area contributed by atoms with Crippen LogP contribution in [0.1, 0.15) is 29.2 Å². The van der Waals surface area contributed by atoms with Crippen molar-refractivity contribution in [1.82, 2.24) is 10.6 Å². The van der Waals surface area contributed by atoms with Gasteiger partial charge in [-0.25, -0.2) is 0 Å². The van der Waals surface area contributed by atoms with Crippen molar-refractivity contribution in [3.05, 3.63) is 59.2 Å². The summed E-state index contributed by atoms with van der Waals surface area (Å²) in [6.45, 7) is 2.32. The largest absolute Gasteiger partial charge is 0.315 e. The van der Waals surface area contributed by atoms with Crippen LogP contribution in [-0.4, -0.2) is 19.1 Å². The Morgan fingerprint density at radius 2 is 1.81 bits per heavy atom. The van der Waals surface area contributed by atoms with E-state index in [1.807, 2.05) is 0 Å². The van der Waals surface area contributed by atoms with Crippen molar-refractivity contribution < 1.29 is 0 Å². The van der Waals surface area contributed by atoms with Crippen LogP contribution in [0, 0.1) is 5.92 Å². The Labute approximate surface area is 125 Å². The van der Waals surface area contributed by atoms with Crippen LogP contribution in [0.3, 0.4) is 0 Å². The molecule has 2 N–H and O–H groups in total. The molecular weight excluding hydrogens is 256 g/mol. The molecule has 1 aliphatic carbocycles. The van der Waals surface area contributed by atoms with Crippen molar-refractivity contribution in [2.45, 2.75) is 24.9 Å². The van der Waals surface area contributed by atoms with Gasteiger partial charge in [0.15, 0.2) is 0 Å². The first kappa shape index (κ1) is 12.0. The summed E-state index contributed by atoms with van der Waals surface area (Å²) in [5, 5.41) is 7.31. The molecule has 5 rings (SSSR count). The molecular formula is C19H20N2. The Hall–Kier alpha value is -1.64. The van der Waals surface area contributed by atoms with E-state index in [1.54, 1.807) is 0 Å². The number of hydrogen-bond donors (Lipinski definition) is 2. The summed E-state index contributed by atoms with van der Waals surface area (Å²) >= 11 is 0. The van der Waals surface area contributed by atoms with E-state index in [4.69, 9.17) is 0 Å². The SMILES string of the molecule is c1ccc2c(c1)Cc1cc(C3CC4CNCC4N3)ccc1-2. The normalized spacial score (nSPS) is 29.2. The summed E-state index contributed by atoms with van der Waals surface area (Å²) in [6.07, 6.45) is 2.38. The Bertz CT molecular complexity index is 694. The van der Waals surface area contributed by atoms with E-state index in [0.29, 0.717) is 12.1 Å². The number of nitrogens with one attached hydrogen (secondary N) is 2. The molecule has 2 aromatic rings. The van der Waals surface area contributed by atoms with E-state index in [-0.39, 0.29) is 0 Å². The third kappa shape index (κ3) is 1.79. The molecule has 2 fully saturated rings. The maximum atomic E-state index is 3.82. The molecule has 2 aromatic carbocycles. The van der Waals surface area contributed by atoms with Gasteiger partial charge < -0.3 is 10.6 Å². The predicted octanol–water partition coefficient (Wildman–Crippen LogP) is 2.88. The van der Waals surface area contributed by atoms with Crippen molar-refractivity contribution in [3.63, 3.8) is 0 Å². The van der Waals surface area contributed by atoms with Gasteiger partial charge >= 0.3 is 0 Å². The summed E-state index contributed by atoms with van der Waals surface area (Å²) in [7, 11) is 0. The molecule has 2 saturated heterocycles. The quantitative estimate of drug-likeness (QED) is 0.714. The molecule has 3 unspecified atom stereocenters. The Morgan fingerprint density at radius 1 is 0.905 bits per heavy atom. The molecule has 21 heavy (non-hydrogen) atoms. The van der Waals surface area contributed by atoms with Crippen molar-refractivity contribution in [1.29, 1.82) is 0 Å². The second-order valence-electron chi connectivity index (χ2n) is 6.73. The van der Waals surface area contributed by atoms with Gasteiger partial charge in [-0.1, -0.05) is 42.5 Å². The zero-order chi connectivity index (χ0) is 13.8. The van der Waals surface area contributed by atoms with Crippen molar-refractivity contribution >= 4 is 0 Å². The average Bonchev–Trinajstić information content (AvgIpc) is 3.18. The van der Waals surface area contributed by atoms with Crippen LogP contribution >= 0.6 is 0 Å². The number of rotatable bonds is 1. The van der Waals surface area contributed by atoms with Gasteiger partial charge in [-0.3, -0.25) is 0 Å². The van der Waals surface area contributed by atoms with Gasteiger partial charge in [-0.2, -0.15) is 0 Å². The van der Waals surface area contributed by atoms with Crippen LogP contribution in [-0.2, 0) is 6.42 Å². The molecule has 0 radical (unpaired) electrons. The van der Waals surface area contributed by atoms with E-state index in [1.165, 1.54) is 40.8 Å². The third-order valence-corrected chi connectivity index (χ3v) is 5.51. The molecule has 3 aliphatic rings. The molecule has 0 aromatic heterocycles. The summed E-state index contributed by atoms with van der Waals surface area (Å²) in [6, 6.07) is 17.2. The smallest absolute Gasteiger partial charge is 0.0327 e. The van der Waals surface area contributed by atoms with Crippen LogP contribution in [0.25, 0.3) is 11.1 Å². The van der Waals surface area contributed by atoms with E-state index in [9.17, 15) is 0 Å². The minimum absolute atomic E-state index is 0.552. The Kier molecular flexibility index (Phi) is 2.52. The van der Waals surface area contributed by atoms with Crippen LogP contribution in [0.5, 0.6) is 0 Å². The lowest BCUT2D eigenvalue weighted by molar-refractivity contribution is 0.551. The van der Waals surface area contributed by atoms with Crippen LogP contribution in [0.2, 0.25) is 0 Å². The van der Waals surface area contributed by atoms with Crippen LogP contribution in [0.15, 0.2) is 42.5 Å². The highest BCUT2D eigenvalue weighted by molar-refractivity contribution is 5.77. The lowest BCUT2D eigenvalue weighted by atomic mass is 9.96. The summed E-state index contributed by atoms with van der Waals surface area (Å²) in [5.74, 6) is 0.820. The predicted molar refractivity (Wildman–Crippen MR) is 85.3 cm³/mol. The first-order valence-corrected chi connectivity index (χ1v) is 8.06. The highest BCUT2D eigenvalue weighted by Gasteiger charge is 2.37. The molecule has 3 atom stereocenters. The van der Waals surface area contributed by atoms with E-state index in [2.05, 4.69) is 53.1 Å². The van der Waals surface area contributed by atoms with Crippen molar-refractivity contribution in [2.75, 3.05) is 13.1 Å². The minimum Gasteiger partial charge on any atom is -0.315 e. The minimum atomic E-state index is 0.552. The fraction of sp³-hybridized carbons (Fsp3) is 0.368. The first-order valence-electron chi connectivity index (χ1n) is 8.06. The highest BCUT2D eigenvalue weighted by Crippen LogP contribution is 2.39. The maximum Gasteiger partial charge on any atom is 0.0327 e. The Morgan fingerprint density at radius 3 is 2.76 bits per heavy atom. The molecule has 2 aliphatic heterocycles. The maximum absolute atomic E-state index is 3.82. The van der Waals surface area contributed by atoms with Gasteiger partial charge in [-0.15, -0.1) is 0 Å². The summed E-state index contributed by atoms with van der Waals surface area (Å²) in [5.41, 5.74) is 7.33. The van der Waals surface area contributed by atoms with Crippen LogP contribution < -0.4 is 10.6 Å². The zero-order valence-corrected chi connectivity index (χ0v) is 12.1. The molecule has 2 nitrogen and oxygen atoms in total. The van der Waals surface area contributed by atoms with Gasteiger partial charge in [0, 0.05) is 18.6 Å². The molecule has 106 valence electrons. The highest BCUT2D eigenvalue weighted by atomic mass is 15.1. The number of hydrogen-bond acceptors (Lipinski definition) is 2. The van der Waals surface area contributed by atoms with E-state index in [0.717, 1.165) is 18.9 Å². The second kappa shape index (κ2) is 4.43. The van der Waals surface area contributed by atoms with Crippen molar-refractivity contribution in [2.24, 2.45) is 5.92 Å². The summed E-state index contributed by atoms with van der Waals surface area (Å²) < 4.78 is 0. The average molecular weight is 276 g/mol. The second-order valence-corrected chi connectivity index (χ2v) is 6.73. The van der Waals surface area contributed by atoms with Gasteiger partial charge in [-0.05, 0) is 53.1 Å². The molecule has 0 amide bonds. The zero-order valence-electron chi connectivity index (χ0n) is 12.1. The topological polar surface area (TPSA) is 24.1 Å². The standard InChI is InChI=1S/C19H20N2/c1-2-4-16-12(3-1)7-14-8-13(5-6-17(14)16)18-9-15-10-20-11-19(15)21-18/h1-6,8,15,18-21H,7,9-11H2. The van der Waals surface area contributed by atoms with Crippen LogP contribution in [0.4, 0.5) is 0 Å². The molecule has 0 spiro atoms. The number of fused-ring (bicyclic) bond motifs is 4. The third-order valence-electron chi connectivity index (χ3n) is 5.51. The molecule has 2 heteroatoms. The molecule has 2 heterocycles. The van der Waals surface area contributed by atoms with Gasteiger partial charge in [0.2, 0.25) is 0 Å². The number of benzene rings is 2. The van der Waals surface area contributed by atoms with Gasteiger partial charge in [0.1, 0.15) is 0 Å². The lowest BCUT2D eigenvalue weighted by Gasteiger charge is -2.15.